The van der Waals surface area contributed by atoms with Crippen molar-refractivity contribution in [2.75, 3.05) is 20.3 Å². The van der Waals surface area contributed by atoms with Crippen molar-refractivity contribution in [3.05, 3.63) is 0 Å². The normalized spacial score (nSPS) is 19.6. The van der Waals surface area contributed by atoms with E-state index in [0.29, 0.717) is 12.8 Å². The largest absolute Gasteiger partial charge is 0.480 e. The van der Waals surface area contributed by atoms with Gasteiger partial charge in [-0.15, -0.1) is 0 Å². The topological polar surface area (TPSA) is 72.8 Å². The van der Waals surface area contributed by atoms with Crippen molar-refractivity contribution < 1.29 is 37.3 Å². The number of methoxy groups -OCH3 is 1. The molecule has 8 heteroatoms. The lowest BCUT2D eigenvalue weighted by Gasteiger charge is -2.32. The molecule has 1 aliphatic rings. The summed E-state index contributed by atoms with van der Waals surface area (Å²) in [4.78, 5) is 23.4. The molecule has 0 amide bonds. The summed E-state index contributed by atoms with van der Waals surface area (Å²) in [5.41, 5.74) is -2.06. The third-order valence-electron chi connectivity index (χ3n) is 3.58. The molecular weight excluding hydrogens is 281 g/mol. The highest BCUT2D eigenvalue weighted by atomic mass is 19.4. The van der Waals surface area contributed by atoms with E-state index in [1.165, 1.54) is 0 Å². The number of alkyl halides is 3. The van der Waals surface area contributed by atoms with Crippen molar-refractivity contribution in [1.82, 2.24) is 0 Å². The second-order valence-corrected chi connectivity index (χ2v) is 4.86. The molecular formula is C12H17F3O5. The Balaban J connectivity index is 2.92. The molecule has 0 bridgehead atoms. The molecule has 0 heterocycles. The number of carboxylic acid groups (broad SMARTS) is 1. The van der Waals surface area contributed by atoms with E-state index < -0.39 is 42.7 Å². The Morgan fingerprint density at radius 1 is 1.20 bits per heavy atom. The average molecular weight is 298 g/mol. The Kier molecular flexibility index (Phi) is 5.38. The molecule has 5 nitrogen and oxygen atoms in total. The van der Waals surface area contributed by atoms with Crippen LogP contribution >= 0.6 is 0 Å². The zero-order chi connectivity index (χ0) is 15.4. The standard InChI is InChI=1S/C12H17F3O5/c1-19-10(18)11(9(16)17,8-4-2-3-5-8)6-20-7-12(13,14)15/h8H,2-7H2,1H3,(H,16,17). The minimum atomic E-state index is -4.57. The zero-order valence-electron chi connectivity index (χ0n) is 11.0. The molecule has 1 rings (SSSR count). The first-order valence-electron chi connectivity index (χ1n) is 6.20. The van der Waals surface area contributed by atoms with Crippen LogP contribution in [0.4, 0.5) is 13.2 Å². The van der Waals surface area contributed by atoms with Gasteiger partial charge in [0.15, 0.2) is 5.41 Å². The smallest absolute Gasteiger partial charge is 0.411 e. The van der Waals surface area contributed by atoms with E-state index in [-0.39, 0.29) is 0 Å². The van der Waals surface area contributed by atoms with E-state index in [1.54, 1.807) is 0 Å². The van der Waals surface area contributed by atoms with Gasteiger partial charge in [0.2, 0.25) is 0 Å². The van der Waals surface area contributed by atoms with Crippen LogP contribution in [-0.2, 0) is 19.1 Å². The number of carbonyl (C=O) groups is 2. The van der Waals surface area contributed by atoms with Gasteiger partial charge in [-0.2, -0.15) is 13.2 Å². The maximum Gasteiger partial charge on any atom is 0.411 e. The Morgan fingerprint density at radius 3 is 2.15 bits per heavy atom. The fraction of sp³-hybridized carbons (Fsp3) is 0.833. The molecule has 0 aliphatic heterocycles. The highest BCUT2D eigenvalue weighted by molar-refractivity contribution is 5.99. The number of aliphatic carboxylic acids is 1. The summed E-state index contributed by atoms with van der Waals surface area (Å²) in [6.07, 6.45) is -2.20. The van der Waals surface area contributed by atoms with E-state index in [0.717, 1.165) is 20.0 Å². The Labute approximate surface area is 114 Å². The van der Waals surface area contributed by atoms with E-state index in [1.807, 2.05) is 0 Å². The molecule has 1 atom stereocenters. The number of halogens is 3. The van der Waals surface area contributed by atoms with Crippen LogP contribution in [0.2, 0.25) is 0 Å². The highest BCUT2D eigenvalue weighted by Crippen LogP contribution is 2.42. The number of esters is 1. The zero-order valence-corrected chi connectivity index (χ0v) is 11.0. The van der Waals surface area contributed by atoms with Gasteiger partial charge in [0.1, 0.15) is 6.61 Å². The van der Waals surface area contributed by atoms with Crippen molar-refractivity contribution >= 4 is 11.9 Å². The molecule has 0 aromatic rings. The van der Waals surface area contributed by atoms with Gasteiger partial charge in [-0.05, 0) is 18.8 Å². The summed E-state index contributed by atoms with van der Waals surface area (Å²) in [5.74, 6) is -3.13. The summed E-state index contributed by atoms with van der Waals surface area (Å²) in [6.45, 7) is -2.43. The van der Waals surface area contributed by atoms with Gasteiger partial charge in [-0.25, -0.2) is 0 Å². The maximum atomic E-state index is 12.1. The fourth-order valence-electron chi connectivity index (χ4n) is 2.60. The minimum absolute atomic E-state index is 0.455. The Morgan fingerprint density at radius 2 is 1.75 bits per heavy atom. The van der Waals surface area contributed by atoms with E-state index in [2.05, 4.69) is 9.47 Å². The number of hydrogen-bond donors (Lipinski definition) is 1. The lowest BCUT2D eigenvalue weighted by atomic mass is 9.74. The van der Waals surface area contributed by atoms with Crippen molar-refractivity contribution in [1.29, 1.82) is 0 Å². The van der Waals surface area contributed by atoms with E-state index in [9.17, 15) is 27.9 Å². The summed E-state index contributed by atoms with van der Waals surface area (Å²) in [7, 11) is 1.01. The fourth-order valence-corrected chi connectivity index (χ4v) is 2.60. The summed E-state index contributed by atoms with van der Waals surface area (Å²) >= 11 is 0. The number of ether oxygens (including phenoxy) is 2. The van der Waals surface area contributed by atoms with Crippen molar-refractivity contribution in [2.24, 2.45) is 11.3 Å². The molecule has 1 saturated carbocycles. The van der Waals surface area contributed by atoms with E-state index >= 15 is 0 Å². The molecule has 0 aromatic carbocycles. The quantitative estimate of drug-likeness (QED) is 0.600. The van der Waals surface area contributed by atoms with E-state index in [4.69, 9.17) is 0 Å². The van der Waals surface area contributed by atoms with Crippen molar-refractivity contribution in [3.63, 3.8) is 0 Å². The Bertz CT molecular complexity index is 363. The molecule has 1 N–H and O–H groups in total. The lowest BCUT2D eigenvalue weighted by Crippen LogP contribution is -2.49. The molecule has 0 radical (unpaired) electrons. The molecule has 0 spiro atoms. The average Bonchev–Trinajstić information content (AvgIpc) is 2.86. The molecule has 0 saturated heterocycles. The van der Waals surface area contributed by atoms with Gasteiger partial charge in [0.25, 0.3) is 0 Å². The second-order valence-electron chi connectivity index (χ2n) is 4.86. The predicted octanol–water partition coefficient (Wildman–Crippen LogP) is 2.00. The lowest BCUT2D eigenvalue weighted by molar-refractivity contribution is -0.197. The van der Waals surface area contributed by atoms with Crippen LogP contribution in [-0.4, -0.2) is 43.5 Å². The molecule has 1 unspecified atom stereocenters. The van der Waals surface area contributed by atoms with Gasteiger partial charge >= 0.3 is 18.1 Å². The number of hydrogen-bond acceptors (Lipinski definition) is 4. The first kappa shape index (κ1) is 16.7. The minimum Gasteiger partial charge on any atom is -0.480 e. The molecule has 1 fully saturated rings. The Hall–Kier alpha value is -1.31. The van der Waals surface area contributed by atoms with Gasteiger partial charge < -0.3 is 14.6 Å². The summed E-state index contributed by atoms with van der Waals surface area (Å²) in [5, 5.41) is 9.35. The first-order chi connectivity index (χ1) is 9.24. The van der Waals surface area contributed by atoms with Crippen LogP contribution in [0.25, 0.3) is 0 Å². The van der Waals surface area contributed by atoms with Crippen LogP contribution in [0.1, 0.15) is 25.7 Å². The highest BCUT2D eigenvalue weighted by Gasteiger charge is 2.55. The summed E-state index contributed by atoms with van der Waals surface area (Å²) in [6, 6.07) is 0. The van der Waals surface area contributed by atoms with Crippen LogP contribution in [0.3, 0.4) is 0 Å². The van der Waals surface area contributed by atoms with Crippen LogP contribution in [0.15, 0.2) is 0 Å². The summed E-state index contributed by atoms with van der Waals surface area (Å²) < 4.78 is 45.3. The van der Waals surface area contributed by atoms with Gasteiger partial charge in [-0.3, -0.25) is 9.59 Å². The van der Waals surface area contributed by atoms with Gasteiger partial charge in [0.05, 0.1) is 13.7 Å². The van der Waals surface area contributed by atoms with Crippen LogP contribution < -0.4 is 0 Å². The predicted molar refractivity (Wildman–Crippen MR) is 60.9 cm³/mol. The number of carbonyl (C=O) groups excluding carboxylic acids is 1. The van der Waals surface area contributed by atoms with Crippen molar-refractivity contribution in [2.45, 2.75) is 31.9 Å². The van der Waals surface area contributed by atoms with Gasteiger partial charge in [0, 0.05) is 0 Å². The third kappa shape index (κ3) is 3.62. The molecule has 20 heavy (non-hydrogen) atoms. The second kappa shape index (κ2) is 6.43. The third-order valence-corrected chi connectivity index (χ3v) is 3.58. The monoisotopic (exact) mass is 298 g/mol. The first-order valence-corrected chi connectivity index (χ1v) is 6.20. The number of rotatable bonds is 6. The van der Waals surface area contributed by atoms with Crippen molar-refractivity contribution in [3.8, 4) is 0 Å². The number of carboxylic acids is 1. The molecule has 116 valence electrons. The van der Waals surface area contributed by atoms with Gasteiger partial charge in [-0.1, -0.05) is 12.8 Å². The molecule has 0 aromatic heterocycles. The SMILES string of the molecule is COC(=O)C(COCC(F)(F)F)(C(=O)O)C1CCCC1. The maximum absolute atomic E-state index is 12.1. The van der Waals surface area contributed by atoms with Crippen LogP contribution in [0, 0.1) is 11.3 Å². The van der Waals surface area contributed by atoms with Crippen LogP contribution in [0.5, 0.6) is 0 Å². The molecule has 1 aliphatic carbocycles.